The fraction of sp³-hybridized carbons (Fsp3) is 0.111. The van der Waals surface area contributed by atoms with Crippen LogP contribution in [0.2, 0.25) is 5.02 Å². The van der Waals surface area contributed by atoms with Crippen molar-refractivity contribution in [2.45, 2.75) is 6.92 Å². The molecule has 0 fully saturated rings. The van der Waals surface area contributed by atoms with Crippen LogP contribution in [0.15, 0.2) is 18.2 Å². The molecule has 0 unspecified atom stereocenters. The van der Waals surface area contributed by atoms with Gasteiger partial charge in [-0.3, -0.25) is 4.79 Å². The predicted octanol–water partition coefficient (Wildman–Crippen LogP) is 2.41. The van der Waals surface area contributed by atoms with E-state index in [1.54, 1.807) is 12.1 Å². The number of ketones is 1. The zero-order chi connectivity index (χ0) is 9.14. The molecule has 3 heteroatoms. The van der Waals surface area contributed by atoms with Gasteiger partial charge in [0.05, 0.1) is 16.7 Å². The van der Waals surface area contributed by atoms with Gasteiger partial charge in [0.1, 0.15) is 0 Å². The maximum absolute atomic E-state index is 10.9. The summed E-state index contributed by atoms with van der Waals surface area (Å²) in [5.41, 5.74) is 0.917. The van der Waals surface area contributed by atoms with Gasteiger partial charge in [-0.25, -0.2) is 0 Å². The zero-order valence-corrected chi connectivity index (χ0v) is 7.22. The Morgan fingerprint density at radius 3 is 2.67 bits per heavy atom. The topological polar surface area (TPSA) is 40.9 Å². The molecule has 0 spiro atoms. The van der Waals surface area contributed by atoms with Crippen molar-refractivity contribution in [2.24, 2.45) is 0 Å². The first-order chi connectivity index (χ1) is 5.65. The summed E-state index contributed by atoms with van der Waals surface area (Å²) in [6, 6.07) is 6.55. The summed E-state index contributed by atoms with van der Waals surface area (Å²) in [6.45, 7) is 1.44. The minimum atomic E-state index is -0.0931. The summed E-state index contributed by atoms with van der Waals surface area (Å²) < 4.78 is 0. The molecule has 0 radical (unpaired) electrons. The number of rotatable bonds is 1. The van der Waals surface area contributed by atoms with Gasteiger partial charge >= 0.3 is 0 Å². The van der Waals surface area contributed by atoms with Crippen LogP contribution in [0, 0.1) is 11.3 Å². The van der Waals surface area contributed by atoms with Crippen LogP contribution >= 0.6 is 11.6 Å². The largest absolute Gasteiger partial charge is 0.294 e. The van der Waals surface area contributed by atoms with Crippen LogP contribution in [0.5, 0.6) is 0 Å². The van der Waals surface area contributed by atoms with Crippen molar-refractivity contribution in [1.82, 2.24) is 0 Å². The first-order valence-electron chi connectivity index (χ1n) is 3.35. The van der Waals surface area contributed by atoms with E-state index in [1.165, 1.54) is 13.0 Å². The van der Waals surface area contributed by atoms with Gasteiger partial charge in [0.25, 0.3) is 0 Å². The molecule has 1 aromatic carbocycles. The first-order valence-corrected chi connectivity index (χ1v) is 3.73. The molecule has 0 atom stereocenters. The van der Waals surface area contributed by atoms with Crippen LogP contribution < -0.4 is 0 Å². The molecular formula is C9H6ClNO. The molecule has 0 aliphatic carbocycles. The molecule has 0 saturated carbocycles. The Labute approximate surface area is 75.4 Å². The number of benzene rings is 1. The molecule has 0 aliphatic rings. The van der Waals surface area contributed by atoms with Gasteiger partial charge in [-0.2, -0.15) is 5.26 Å². The lowest BCUT2D eigenvalue weighted by Gasteiger charge is -1.98. The maximum Gasteiger partial charge on any atom is 0.161 e. The number of hydrogen-bond donors (Lipinski definition) is 0. The van der Waals surface area contributed by atoms with Gasteiger partial charge in [0.15, 0.2) is 5.78 Å². The second-order valence-electron chi connectivity index (χ2n) is 2.36. The van der Waals surface area contributed by atoms with Crippen molar-refractivity contribution in [3.8, 4) is 6.07 Å². The van der Waals surface area contributed by atoms with E-state index in [4.69, 9.17) is 16.9 Å². The molecule has 0 aromatic heterocycles. The molecule has 2 nitrogen and oxygen atoms in total. The van der Waals surface area contributed by atoms with Gasteiger partial charge in [0, 0.05) is 5.56 Å². The van der Waals surface area contributed by atoms with Crippen molar-refractivity contribution < 1.29 is 4.79 Å². The molecule has 0 amide bonds. The van der Waals surface area contributed by atoms with Gasteiger partial charge in [0.2, 0.25) is 0 Å². The van der Waals surface area contributed by atoms with Crippen molar-refractivity contribution in [3.05, 3.63) is 34.3 Å². The predicted molar refractivity (Wildman–Crippen MR) is 46.2 cm³/mol. The minimum Gasteiger partial charge on any atom is -0.294 e. The summed E-state index contributed by atoms with van der Waals surface area (Å²) in [6.07, 6.45) is 0. The van der Waals surface area contributed by atoms with E-state index in [2.05, 4.69) is 0 Å². The number of nitriles is 1. The molecule has 12 heavy (non-hydrogen) atoms. The number of carbonyl (C=O) groups is 1. The summed E-state index contributed by atoms with van der Waals surface area (Å²) in [5.74, 6) is -0.0931. The second kappa shape index (κ2) is 3.38. The Bertz CT molecular complexity index is 365. The molecule has 1 aromatic rings. The Kier molecular flexibility index (Phi) is 2.47. The van der Waals surface area contributed by atoms with E-state index in [1.807, 2.05) is 6.07 Å². The molecule has 0 heterocycles. The lowest BCUT2D eigenvalue weighted by atomic mass is 10.1. The number of nitrogens with zero attached hydrogens (tertiary/aromatic N) is 1. The van der Waals surface area contributed by atoms with Crippen LogP contribution in [0.1, 0.15) is 22.8 Å². The Morgan fingerprint density at radius 1 is 1.58 bits per heavy atom. The van der Waals surface area contributed by atoms with Gasteiger partial charge < -0.3 is 0 Å². The highest BCUT2D eigenvalue weighted by Crippen LogP contribution is 2.17. The maximum atomic E-state index is 10.9. The summed E-state index contributed by atoms with van der Waals surface area (Å²) >= 11 is 5.73. The third-order valence-corrected chi connectivity index (χ3v) is 1.79. The Hall–Kier alpha value is -1.33. The van der Waals surface area contributed by atoms with Gasteiger partial charge in [-0.15, -0.1) is 0 Å². The van der Waals surface area contributed by atoms with Gasteiger partial charge in [-0.05, 0) is 25.1 Å². The van der Waals surface area contributed by atoms with Crippen LogP contribution in [0.3, 0.4) is 0 Å². The lowest BCUT2D eigenvalue weighted by molar-refractivity contribution is 0.101. The quantitative estimate of drug-likeness (QED) is 0.622. The Morgan fingerprint density at radius 2 is 2.25 bits per heavy atom. The Balaban J connectivity index is 3.23. The SMILES string of the molecule is CC(=O)c1ccc(C#N)cc1Cl. The zero-order valence-electron chi connectivity index (χ0n) is 6.47. The summed E-state index contributed by atoms with van der Waals surface area (Å²) in [4.78, 5) is 10.9. The summed E-state index contributed by atoms with van der Waals surface area (Å²) in [7, 11) is 0. The van der Waals surface area contributed by atoms with E-state index < -0.39 is 0 Å². The van der Waals surface area contributed by atoms with E-state index in [-0.39, 0.29) is 5.78 Å². The summed E-state index contributed by atoms with van der Waals surface area (Å²) in [5, 5.41) is 8.83. The monoisotopic (exact) mass is 179 g/mol. The molecule has 60 valence electrons. The van der Waals surface area contributed by atoms with Crippen LogP contribution in [0.25, 0.3) is 0 Å². The van der Waals surface area contributed by atoms with E-state index in [0.717, 1.165) is 0 Å². The van der Waals surface area contributed by atoms with Crippen LogP contribution in [0.4, 0.5) is 0 Å². The first kappa shape index (κ1) is 8.76. The smallest absolute Gasteiger partial charge is 0.161 e. The van der Waals surface area contributed by atoms with Gasteiger partial charge in [-0.1, -0.05) is 11.6 Å². The fourth-order valence-corrected chi connectivity index (χ4v) is 1.18. The second-order valence-corrected chi connectivity index (χ2v) is 2.77. The average molecular weight is 180 g/mol. The highest BCUT2D eigenvalue weighted by atomic mass is 35.5. The van der Waals surface area contributed by atoms with Crippen LogP contribution in [-0.4, -0.2) is 5.78 Å². The number of hydrogen-bond acceptors (Lipinski definition) is 2. The van der Waals surface area contributed by atoms with E-state index in [9.17, 15) is 4.79 Å². The highest BCUT2D eigenvalue weighted by molar-refractivity contribution is 6.33. The van der Waals surface area contributed by atoms with Crippen LogP contribution in [-0.2, 0) is 0 Å². The average Bonchev–Trinajstić information content (AvgIpc) is 2.03. The number of Topliss-reactive ketones (excluding diaryl/α,β-unsaturated/α-hetero) is 1. The third kappa shape index (κ3) is 1.63. The molecule has 0 saturated heterocycles. The molecular weight excluding hydrogens is 174 g/mol. The standard InChI is InChI=1S/C9H6ClNO/c1-6(12)8-3-2-7(5-11)4-9(8)10/h2-4H,1H3. The molecule has 1 rings (SSSR count). The molecule has 0 aliphatic heterocycles. The van der Waals surface area contributed by atoms with Crippen molar-refractivity contribution in [1.29, 1.82) is 5.26 Å². The number of halogens is 1. The molecule has 0 bridgehead atoms. The third-order valence-electron chi connectivity index (χ3n) is 1.48. The van der Waals surface area contributed by atoms with Crippen molar-refractivity contribution in [3.63, 3.8) is 0 Å². The van der Waals surface area contributed by atoms with Crippen molar-refractivity contribution in [2.75, 3.05) is 0 Å². The van der Waals surface area contributed by atoms with E-state index >= 15 is 0 Å². The fourth-order valence-electron chi connectivity index (χ4n) is 0.870. The molecule has 0 N–H and O–H groups in total. The number of carbonyl (C=O) groups excluding carboxylic acids is 1. The normalized spacial score (nSPS) is 9.08. The lowest BCUT2D eigenvalue weighted by Crippen LogP contribution is -1.93. The van der Waals surface area contributed by atoms with E-state index in [0.29, 0.717) is 16.1 Å². The highest BCUT2D eigenvalue weighted by Gasteiger charge is 2.05. The van der Waals surface area contributed by atoms with Crippen molar-refractivity contribution >= 4 is 17.4 Å². The minimum absolute atomic E-state index is 0.0931.